The molecule has 0 unspecified atom stereocenters. The fraction of sp³-hybridized carbons (Fsp3) is 0.280. The molecule has 176 valence electrons. The first-order valence-electron chi connectivity index (χ1n) is 11.1. The molecular weight excluding hydrogens is 434 g/mol. The van der Waals surface area contributed by atoms with Crippen LogP contribution in [0.3, 0.4) is 0 Å². The lowest BCUT2D eigenvalue weighted by molar-refractivity contribution is -0.384. The number of para-hydroxylation sites is 1. The number of hydrogen-bond acceptors (Lipinski definition) is 7. The van der Waals surface area contributed by atoms with Crippen LogP contribution in [-0.4, -0.2) is 54.0 Å². The molecule has 3 aromatic rings. The molecule has 1 fully saturated rings. The van der Waals surface area contributed by atoms with Crippen LogP contribution in [0.1, 0.15) is 21.5 Å². The van der Waals surface area contributed by atoms with E-state index < -0.39 is 0 Å². The number of nitro benzene ring substituents is 1. The van der Waals surface area contributed by atoms with Crippen LogP contribution in [0.4, 0.5) is 17.1 Å². The van der Waals surface area contributed by atoms with Gasteiger partial charge in [-0.25, -0.2) is 0 Å². The topological polar surface area (TPSA) is 101 Å². The minimum atomic E-state index is -0.388. The molecule has 1 amide bonds. The van der Waals surface area contributed by atoms with Crippen molar-refractivity contribution in [1.29, 1.82) is 0 Å². The third kappa shape index (κ3) is 4.93. The Kier molecular flexibility index (Phi) is 6.91. The van der Waals surface area contributed by atoms with E-state index in [1.165, 1.54) is 6.07 Å². The summed E-state index contributed by atoms with van der Waals surface area (Å²) in [6.07, 6.45) is 3.41. The Morgan fingerprint density at radius 3 is 2.62 bits per heavy atom. The first-order chi connectivity index (χ1) is 16.5. The summed E-state index contributed by atoms with van der Waals surface area (Å²) in [4.78, 5) is 32.3. The summed E-state index contributed by atoms with van der Waals surface area (Å²) in [5, 5.41) is 14.7. The summed E-state index contributed by atoms with van der Waals surface area (Å²) in [5.74, 6) is 0.553. The highest BCUT2D eigenvalue weighted by Crippen LogP contribution is 2.31. The van der Waals surface area contributed by atoms with Gasteiger partial charge in [-0.3, -0.25) is 19.9 Å². The fourth-order valence-corrected chi connectivity index (χ4v) is 4.15. The van der Waals surface area contributed by atoms with Crippen LogP contribution >= 0.6 is 0 Å². The highest BCUT2D eigenvalue weighted by molar-refractivity contribution is 5.97. The van der Waals surface area contributed by atoms with Crippen LogP contribution in [0.5, 0.6) is 5.75 Å². The number of nitrogens with one attached hydrogen (secondary N) is 1. The average molecular weight is 462 g/mol. The van der Waals surface area contributed by atoms with E-state index in [4.69, 9.17) is 4.74 Å². The van der Waals surface area contributed by atoms with Gasteiger partial charge in [0.25, 0.3) is 11.6 Å². The van der Waals surface area contributed by atoms with Gasteiger partial charge in [0.05, 0.1) is 17.6 Å². The normalized spacial score (nSPS) is 13.5. The van der Waals surface area contributed by atoms with Gasteiger partial charge in [0.2, 0.25) is 0 Å². The Hall–Kier alpha value is -4.14. The lowest BCUT2D eigenvalue weighted by Crippen LogP contribution is -2.48. The Bertz CT molecular complexity index is 1180. The number of piperazine rings is 1. The van der Waals surface area contributed by atoms with Gasteiger partial charge in [0.1, 0.15) is 11.4 Å². The van der Waals surface area contributed by atoms with Gasteiger partial charge in [-0.15, -0.1) is 0 Å². The summed E-state index contributed by atoms with van der Waals surface area (Å²) in [6, 6.07) is 14.4. The van der Waals surface area contributed by atoms with Crippen molar-refractivity contribution in [3.63, 3.8) is 0 Å². The molecule has 9 nitrogen and oxygen atoms in total. The average Bonchev–Trinajstić information content (AvgIpc) is 2.87. The summed E-state index contributed by atoms with van der Waals surface area (Å²) in [7, 11) is 1.57. The molecule has 1 N–H and O–H groups in total. The van der Waals surface area contributed by atoms with Gasteiger partial charge in [-0.1, -0.05) is 18.2 Å². The predicted molar refractivity (Wildman–Crippen MR) is 131 cm³/mol. The van der Waals surface area contributed by atoms with E-state index in [9.17, 15) is 14.9 Å². The zero-order valence-corrected chi connectivity index (χ0v) is 19.2. The van der Waals surface area contributed by atoms with E-state index in [0.717, 1.165) is 16.8 Å². The van der Waals surface area contributed by atoms with Crippen LogP contribution < -0.4 is 15.0 Å². The van der Waals surface area contributed by atoms with Crippen LogP contribution in [0.15, 0.2) is 60.9 Å². The molecule has 0 atom stereocenters. The molecule has 2 heterocycles. The van der Waals surface area contributed by atoms with Crippen molar-refractivity contribution in [2.24, 2.45) is 0 Å². The Balaban J connectivity index is 1.46. The number of hydrogen-bond donors (Lipinski definition) is 1. The molecule has 34 heavy (non-hydrogen) atoms. The Morgan fingerprint density at radius 2 is 1.94 bits per heavy atom. The van der Waals surface area contributed by atoms with Gasteiger partial charge >= 0.3 is 0 Å². The number of carbonyl (C=O) groups is 1. The van der Waals surface area contributed by atoms with E-state index >= 15 is 0 Å². The maximum Gasteiger partial charge on any atom is 0.292 e. The zero-order chi connectivity index (χ0) is 24.1. The zero-order valence-electron chi connectivity index (χ0n) is 19.2. The number of carbonyl (C=O) groups excluding carboxylic acids is 1. The van der Waals surface area contributed by atoms with Crippen molar-refractivity contribution in [3.8, 4) is 5.75 Å². The summed E-state index contributed by atoms with van der Waals surface area (Å²) in [6.45, 7) is 4.69. The smallest absolute Gasteiger partial charge is 0.292 e. The first kappa shape index (κ1) is 23.0. The van der Waals surface area contributed by atoms with Crippen molar-refractivity contribution >= 4 is 23.0 Å². The van der Waals surface area contributed by atoms with Gasteiger partial charge in [0.15, 0.2) is 0 Å². The number of amides is 1. The van der Waals surface area contributed by atoms with Crippen molar-refractivity contribution in [3.05, 3.63) is 87.7 Å². The van der Waals surface area contributed by atoms with Crippen LogP contribution in [-0.2, 0) is 6.54 Å². The van der Waals surface area contributed by atoms with Gasteiger partial charge in [-0.05, 0) is 42.3 Å². The summed E-state index contributed by atoms with van der Waals surface area (Å²) in [5.41, 5.74) is 3.76. The highest BCUT2D eigenvalue weighted by Gasteiger charge is 2.26. The predicted octanol–water partition coefficient (Wildman–Crippen LogP) is 3.88. The van der Waals surface area contributed by atoms with E-state index in [0.29, 0.717) is 49.7 Å². The molecule has 0 spiro atoms. The monoisotopic (exact) mass is 461 g/mol. The highest BCUT2D eigenvalue weighted by atomic mass is 16.6. The number of rotatable bonds is 7. The number of pyridine rings is 1. The molecule has 0 saturated carbocycles. The van der Waals surface area contributed by atoms with Gasteiger partial charge in [-0.2, -0.15) is 0 Å². The molecule has 1 aromatic heterocycles. The summed E-state index contributed by atoms with van der Waals surface area (Å²) < 4.78 is 5.45. The van der Waals surface area contributed by atoms with Crippen LogP contribution in [0, 0.1) is 17.0 Å². The number of methoxy groups -OCH3 is 1. The van der Waals surface area contributed by atoms with Crippen molar-refractivity contribution in [1.82, 2.24) is 9.88 Å². The number of aromatic nitrogens is 1. The van der Waals surface area contributed by atoms with E-state index in [-0.39, 0.29) is 16.5 Å². The number of aryl methyl sites for hydroxylation is 1. The van der Waals surface area contributed by atoms with E-state index in [1.807, 2.05) is 36.1 Å². The molecular formula is C25H27N5O4. The number of ether oxygens (including phenoxy) is 1. The number of nitrogens with zero attached hydrogens (tertiary/aromatic N) is 4. The Morgan fingerprint density at radius 1 is 1.15 bits per heavy atom. The van der Waals surface area contributed by atoms with E-state index in [1.54, 1.807) is 37.7 Å². The lowest BCUT2D eigenvalue weighted by atomic mass is 10.1. The quantitative estimate of drug-likeness (QED) is 0.421. The standard InChI is InChI=1S/C25H27N5O4/c1-18-5-3-7-21(24(18)34-2)25(31)29-13-11-28(12-14-29)20-8-9-23(30(32)33)22(15-20)27-17-19-6-4-10-26-16-19/h3-10,15-16,27H,11-14,17H2,1-2H3. The molecule has 0 radical (unpaired) electrons. The third-order valence-corrected chi connectivity index (χ3v) is 5.96. The second kappa shape index (κ2) is 10.2. The molecule has 1 aliphatic heterocycles. The number of nitro groups is 1. The fourth-order valence-electron chi connectivity index (χ4n) is 4.15. The molecule has 4 rings (SSSR count). The third-order valence-electron chi connectivity index (χ3n) is 5.96. The van der Waals surface area contributed by atoms with Gasteiger partial charge in [0, 0.05) is 56.9 Å². The lowest BCUT2D eigenvalue weighted by Gasteiger charge is -2.36. The van der Waals surface area contributed by atoms with E-state index in [2.05, 4.69) is 15.2 Å². The Labute approximate surface area is 198 Å². The minimum absolute atomic E-state index is 0.0213. The maximum atomic E-state index is 13.1. The molecule has 0 aliphatic carbocycles. The van der Waals surface area contributed by atoms with Crippen molar-refractivity contribution in [2.45, 2.75) is 13.5 Å². The van der Waals surface area contributed by atoms with Crippen molar-refractivity contribution in [2.75, 3.05) is 43.5 Å². The van der Waals surface area contributed by atoms with Crippen molar-refractivity contribution < 1.29 is 14.5 Å². The number of anilines is 2. The largest absolute Gasteiger partial charge is 0.496 e. The molecule has 2 aromatic carbocycles. The number of benzene rings is 2. The molecule has 1 saturated heterocycles. The van der Waals surface area contributed by atoms with Crippen LogP contribution in [0.25, 0.3) is 0 Å². The molecule has 0 bridgehead atoms. The SMILES string of the molecule is COc1c(C)cccc1C(=O)N1CCN(c2ccc([N+](=O)[O-])c(NCc3cccnc3)c2)CC1. The van der Waals surface area contributed by atoms with Gasteiger partial charge < -0.3 is 19.9 Å². The molecule has 1 aliphatic rings. The second-order valence-corrected chi connectivity index (χ2v) is 8.11. The maximum absolute atomic E-state index is 13.1. The first-order valence-corrected chi connectivity index (χ1v) is 11.1. The second-order valence-electron chi connectivity index (χ2n) is 8.11. The summed E-state index contributed by atoms with van der Waals surface area (Å²) >= 11 is 0. The van der Waals surface area contributed by atoms with Crippen LogP contribution in [0.2, 0.25) is 0 Å². The minimum Gasteiger partial charge on any atom is -0.496 e. The molecule has 9 heteroatoms.